The van der Waals surface area contributed by atoms with Gasteiger partial charge in [-0.05, 0) is 5.92 Å². The molecule has 1 aliphatic rings. The first-order valence-electron chi connectivity index (χ1n) is 5.90. The Kier molecular flexibility index (Phi) is 5.09. The van der Waals surface area contributed by atoms with E-state index in [4.69, 9.17) is 9.47 Å². The molecule has 3 nitrogen and oxygen atoms in total. The third-order valence-electron chi connectivity index (χ3n) is 3.06. The second-order valence-corrected chi connectivity index (χ2v) is 4.59. The molecule has 0 unspecified atom stereocenters. The highest BCUT2D eigenvalue weighted by Crippen LogP contribution is 2.19. The van der Waals surface area contributed by atoms with E-state index in [1.54, 1.807) is 0 Å². The van der Waals surface area contributed by atoms with Gasteiger partial charge in [0.25, 0.3) is 0 Å². The van der Waals surface area contributed by atoms with Gasteiger partial charge >= 0.3 is 5.97 Å². The third kappa shape index (κ3) is 4.20. The fourth-order valence-electron chi connectivity index (χ4n) is 1.68. The number of hydrogen-bond donors (Lipinski definition) is 0. The van der Waals surface area contributed by atoms with Gasteiger partial charge in [-0.15, -0.1) is 0 Å². The van der Waals surface area contributed by atoms with Crippen molar-refractivity contribution in [3.05, 3.63) is 0 Å². The molecule has 0 saturated carbocycles. The number of ether oxygens (including phenoxy) is 2. The normalized spacial score (nSPS) is 28.5. The molecular weight excluding hydrogens is 192 g/mol. The smallest absolute Gasteiger partial charge is 0.306 e. The average Bonchev–Trinajstić information content (AvgIpc) is 2.21. The molecule has 1 rings (SSSR count). The van der Waals surface area contributed by atoms with Crippen molar-refractivity contribution in [2.45, 2.75) is 46.1 Å². The van der Waals surface area contributed by atoms with E-state index in [0.717, 1.165) is 12.8 Å². The summed E-state index contributed by atoms with van der Waals surface area (Å²) in [7, 11) is 0. The van der Waals surface area contributed by atoms with E-state index < -0.39 is 0 Å². The molecule has 0 aromatic rings. The van der Waals surface area contributed by atoms with Gasteiger partial charge in [0.05, 0.1) is 13.2 Å². The fourth-order valence-corrected chi connectivity index (χ4v) is 1.68. The van der Waals surface area contributed by atoms with Gasteiger partial charge in [0.2, 0.25) is 0 Å². The van der Waals surface area contributed by atoms with Crippen LogP contribution in [0.25, 0.3) is 0 Å². The van der Waals surface area contributed by atoms with Crippen molar-refractivity contribution >= 4 is 5.97 Å². The van der Waals surface area contributed by atoms with Crippen LogP contribution < -0.4 is 0 Å². The Morgan fingerprint density at radius 2 is 2.33 bits per heavy atom. The van der Waals surface area contributed by atoms with Gasteiger partial charge < -0.3 is 9.47 Å². The molecule has 1 saturated heterocycles. The molecule has 3 atom stereocenters. The maximum atomic E-state index is 11.6. The molecule has 0 aromatic carbocycles. The molecule has 0 spiro atoms. The predicted octanol–water partition coefficient (Wildman–Crippen LogP) is 2.39. The molecule has 1 heterocycles. The summed E-state index contributed by atoms with van der Waals surface area (Å²) in [5, 5.41) is 0. The zero-order chi connectivity index (χ0) is 11.3. The van der Waals surface area contributed by atoms with Gasteiger partial charge in [-0.25, -0.2) is 0 Å². The molecule has 0 N–H and O–H groups in total. The Morgan fingerprint density at radius 1 is 1.60 bits per heavy atom. The number of carbonyl (C=O) groups is 1. The van der Waals surface area contributed by atoms with Crippen molar-refractivity contribution in [1.29, 1.82) is 0 Å². The summed E-state index contributed by atoms with van der Waals surface area (Å²) in [5.74, 6) is 0.704. The zero-order valence-electron chi connectivity index (χ0n) is 9.99. The van der Waals surface area contributed by atoms with E-state index in [0.29, 0.717) is 31.5 Å². The van der Waals surface area contributed by atoms with Crippen molar-refractivity contribution in [3.8, 4) is 0 Å². The minimum absolute atomic E-state index is 0.0527. The van der Waals surface area contributed by atoms with Crippen LogP contribution >= 0.6 is 0 Å². The average molecular weight is 214 g/mol. The van der Waals surface area contributed by atoms with Crippen LogP contribution in [-0.4, -0.2) is 25.3 Å². The van der Waals surface area contributed by atoms with Crippen LogP contribution in [0.4, 0.5) is 0 Å². The molecule has 1 fully saturated rings. The Hall–Kier alpha value is -0.570. The lowest BCUT2D eigenvalue weighted by molar-refractivity contribution is -0.158. The molecular formula is C12H22O3. The first-order chi connectivity index (χ1) is 7.13. The monoisotopic (exact) mass is 214 g/mol. The molecule has 0 radical (unpaired) electrons. The maximum Gasteiger partial charge on any atom is 0.306 e. The predicted molar refractivity (Wildman–Crippen MR) is 58.6 cm³/mol. The second kappa shape index (κ2) is 6.11. The van der Waals surface area contributed by atoms with E-state index in [9.17, 15) is 4.79 Å². The highest BCUT2D eigenvalue weighted by atomic mass is 16.6. The highest BCUT2D eigenvalue weighted by molar-refractivity contribution is 5.69. The van der Waals surface area contributed by atoms with E-state index >= 15 is 0 Å². The van der Waals surface area contributed by atoms with Crippen LogP contribution in [0.2, 0.25) is 0 Å². The Bertz CT molecular complexity index is 203. The summed E-state index contributed by atoms with van der Waals surface area (Å²) in [4.78, 5) is 11.6. The first kappa shape index (κ1) is 12.5. The number of carbonyl (C=O) groups excluding carboxylic acids is 1. The van der Waals surface area contributed by atoms with Gasteiger partial charge in [0, 0.05) is 18.8 Å². The van der Waals surface area contributed by atoms with Crippen molar-refractivity contribution < 1.29 is 14.3 Å². The lowest BCUT2D eigenvalue weighted by Gasteiger charge is -2.28. The standard InChI is InChI=1S/C12H22O3/c1-4-9(2)7-12(13)15-11-5-6-14-8-10(11)3/h9-11H,4-8H2,1-3H3/t9-,10+,11+/m1/s1. The lowest BCUT2D eigenvalue weighted by atomic mass is 10.0. The summed E-state index contributed by atoms with van der Waals surface area (Å²) in [5.41, 5.74) is 0. The van der Waals surface area contributed by atoms with Crippen molar-refractivity contribution in [2.24, 2.45) is 11.8 Å². The molecule has 0 aromatic heterocycles. The number of rotatable bonds is 4. The van der Waals surface area contributed by atoms with E-state index in [1.807, 2.05) is 0 Å². The van der Waals surface area contributed by atoms with Crippen LogP contribution in [0.15, 0.2) is 0 Å². The van der Waals surface area contributed by atoms with Crippen molar-refractivity contribution in [3.63, 3.8) is 0 Å². The summed E-state index contributed by atoms with van der Waals surface area (Å²) in [6.45, 7) is 7.66. The maximum absolute atomic E-state index is 11.6. The van der Waals surface area contributed by atoms with Gasteiger partial charge in [-0.3, -0.25) is 4.79 Å². The second-order valence-electron chi connectivity index (χ2n) is 4.59. The fraction of sp³-hybridized carbons (Fsp3) is 0.917. The third-order valence-corrected chi connectivity index (χ3v) is 3.06. The molecule has 88 valence electrons. The summed E-state index contributed by atoms with van der Waals surface area (Å²) < 4.78 is 10.8. The zero-order valence-corrected chi connectivity index (χ0v) is 9.99. The van der Waals surface area contributed by atoms with Crippen molar-refractivity contribution in [1.82, 2.24) is 0 Å². The van der Waals surface area contributed by atoms with Gasteiger partial charge in [0.15, 0.2) is 0 Å². The first-order valence-corrected chi connectivity index (χ1v) is 5.90. The van der Waals surface area contributed by atoms with Crippen LogP contribution in [0.3, 0.4) is 0 Å². The topological polar surface area (TPSA) is 35.5 Å². The summed E-state index contributed by atoms with van der Waals surface area (Å²) >= 11 is 0. The van der Waals surface area contributed by atoms with Crippen LogP contribution in [0.5, 0.6) is 0 Å². The minimum Gasteiger partial charge on any atom is -0.462 e. The van der Waals surface area contributed by atoms with E-state index in [1.165, 1.54) is 0 Å². The molecule has 0 aliphatic carbocycles. The van der Waals surface area contributed by atoms with Crippen LogP contribution in [0, 0.1) is 11.8 Å². The largest absolute Gasteiger partial charge is 0.462 e. The summed E-state index contributed by atoms with van der Waals surface area (Å²) in [6, 6.07) is 0. The van der Waals surface area contributed by atoms with Gasteiger partial charge in [-0.2, -0.15) is 0 Å². The van der Waals surface area contributed by atoms with E-state index in [2.05, 4.69) is 20.8 Å². The van der Waals surface area contributed by atoms with Gasteiger partial charge in [0.1, 0.15) is 6.10 Å². The molecule has 0 amide bonds. The Balaban J connectivity index is 2.29. The SMILES string of the molecule is CC[C@@H](C)CC(=O)O[C@H]1CCOC[C@@H]1C. The van der Waals surface area contributed by atoms with Crippen molar-refractivity contribution in [2.75, 3.05) is 13.2 Å². The van der Waals surface area contributed by atoms with Crippen LogP contribution in [0.1, 0.15) is 40.0 Å². The molecule has 1 aliphatic heterocycles. The highest BCUT2D eigenvalue weighted by Gasteiger charge is 2.25. The number of esters is 1. The number of hydrogen-bond acceptors (Lipinski definition) is 3. The molecule has 15 heavy (non-hydrogen) atoms. The quantitative estimate of drug-likeness (QED) is 0.674. The van der Waals surface area contributed by atoms with Gasteiger partial charge in [-0.1, -0.05) is 27.2 Å². The molecule has 3 heteroatoms. The Labute approximate surface area is 92.1 Å². The lowest BCUT2D eigenvalue weighted by Crippen LogP contribution is -2.34. The molecule has 0 bridgehead atoms. The summed E-state index contributed by atoms with van der Waals surface area (Å²) in [6.07, 6.45) is 2.47. The van der Waals surface area contributed by atoms with Crippen LogP contribution in [-0.2, 0) is 14.3 Å². The van der Waals surface area contributed by atoms with E-state index in [-0.39, 0.29) is 12.1 Å². The Morgan fingerprint density at radius 3 is 2.93 bits per heavy atom. The minimum atomic E-state index is -0.0527.